The smallest absolute Gasteiger partial charge is 0.251 e. The topological polar surface area (TPSA) is 58.2 Å². The Kier molecular flexibility index (Phi) is 8.56. The minimum atomic E-state index is -0.0693. The summed E-state index contributed by atoms with van der Waals surface area (Å²) in [5.41, 5.74) is 2.28. The van der Waals surface area contributed by atoms with E-state index in [4.69, 9.17) is 0 Å². The van der Waals surface area contributed by atoms with Crippen molar-refractivity contribution in [2.45, 2.75) is 46.0 Å². The third-order valence-corrected chi connectivity index (χ3v) is 4.73. The van der Waals surface area contributed by atoms with Gasteiger partial charge in [0.15, 0.2) is 0 Å². The number of hydrogen-bond acceptors (Lipinski definition) is 2. The minimum absolute atomic E-state index is 0.0629. The van der Waals surface area contributed by atoms with Crippen molar-refractivity contribution in [3.8, 4) is 0 Å². The van der Waals surface area contributed by atoms with Gasteiger partial charge in [0.25, 0.3) is 5.91 Å². The highest BCUT2D eigenvalue weighted by Crippen LogP contribution is 2.13. The number of rotatable bonds is 10. The normalized spacial score (nSPS) is 11.6. The summed E-state index contributed by atoms with van der Waals surface area (Å²) in [4.78, 5) is 24.4. The Morgan fingerprint density at radius 1 is 0.963 bits per heavy atom. The fourth-order valence-corrected chi connectivity index (χ4v) is 2.97. The van der Waals surface area contributed by atoms with Crippen molar-refractivity contribution in [1.82, 2.24) is 5.32 Å². The minimum Gasteiger partial charge on any atom is -0.352 e. The standard InChI is InChI=1S/C23H30N2O2/c1-3-5-9-18(4-2)17-24-23(27)20-12-14-21(15-13-20)25-22(26)16-19-10-7-6-8-11-19/h6-8,10-15,18H,3-5,9,16-17H2,1-2H3,(H,24,27)(H,25,26). The van der Waals surface area contributed by atoms with Crippen molar-refractivity contribution < 1.29 is 9.59 Å². The monoisotopic (exact) mass is 366 g/mol. The van der Waals surface area contributed by atoms with Gasteiger partial charge in [0.2, 0.25) is 5.91 Å². The number of nitrogens with one attached hydrogen (secondary N) is 2. The van der Waals surface area contributed by atoms with Crippen molar-refractivity contribution in [1.29, 1.82) is 0 Å². The maximum atomic E-state index is 12.3. The molecule has 4 nitrogen and oxygen atoms in total. The fraction of sp³-hybridized carbons (Fsp3) is 0.391. The van der Waals surface area contributed by atoms with Gasteiger partial charge in [0, 0.05) is 17.8 Å². The molecule has 2 rings (SSSR count). The van der Waals surface area contributed by atoms with Crippen LogP contribution in [0.2, 0.25) is 0 Å². The molecule has 1 atom stereocenters. The van der Waals surface area contributed by atoms with Crippen LogP contribution in [-0.2, 0) is 11.2 Å². The molecule has 0 heterocycles. The summed E-state index contributed by atoms with van der Waals surface area (Å²) < 4.78 is 0. The quantitative estimate of drug-likeness (QED) is 0.634. The zero-order valence-corrected chi connectivity index (χ0v) is 16.3. The molecule has 27 heavy (non-hydrogen) atoms. The first kappa shape index (κ1) is 20.7. The average molecular weight is 367 g/mol. The van der Waals surface area contributed by atoms with E-state index in [0.717, 1.165) is 18.4 Å². The Morgan fingerprint density at radius 2 is 1.67 bits per heavy atom. The molecule has 2 aromatic rings. The lowest BCUT2D eigenvalue weighted by Crippen LogP contribution is -2.29. The Bertz CT molecular complexity index is 711. The van der Waals surface area contributed by atoms with Crippen LogP contribution in [0.15, 0.2) is 54.6 Å². The van der Waals surface area contributed by atoms with Crippen LogP contribution in [0.25, 0.3) is 0 Å². The van der Waals surface area contributed by atoms with Crippen molar-refractivity contribution in [2.24, 2.45) is 5.92 Å². The molecular weight excluding hydrogens is 336 g/mol. The van der Waals surface area contributed by atoms with E-state index in [1.165, 1.54) is 12.8 Å². The van der Waals surface area contributed by atoms with Crippen LogP contribution in [0.3, 0.4) is 0 Å². The number of benzene rings is 2. The van der Waals surface area contributed by atoms with E-state index < -0.39 is 0 Å². The molecule has 4 heteroatoms. The number of unbranched alkanes of at least 4 members (excludes halogenated alkanes) is 1. The average Bonchev–Trinajstić information content (AvgIpc) is 2.69. The lowest BCUT2D eigenvalue weighted by atomic mass is 9.99. The summed E-state index contributed by atoms with van der Waals surface area (Å²) in [5, 5.41) is 5.89. The van der Waals surface area contributed by atoms with Gasteiger partial charge < -0.3 is 10.6 Å². The summed E-state index contributed by atoms with van der Waals surface area (Å²) in [6, 6.07) is 16.7. The molecule has 0 aromatic heterocycles. The number of hydrogen-bond donors (Lipinski definition) is 2. The molecule has 2 amide bonds. The van der Waals surface area contributed by atoms with E-state index in [2.05, 4.69) is 24.5 Å². The zero-order valence-electron chi connectivity index (χ0n) is 16.3. The third-order valence-electron chi connectivity index (χ3n) is 4.73. The highest BCUT2D eigenvalue weighted by atomic mass is 16.2. The lowest BCUT2D eigenvalue weighted by Gasteiger charge is -2.15. The summed E-state index contributed by atoms with van der Waals surface area (Å²) in [6.45, 7) is 5.07. The molecule has 2 N–H and O–H groups in total. The van der Waals surface area contributed by atoms with Crippen LogP contribution in [-0.4, -0.2) is 18.4 Å². The van der Waals surface area contributed by atoms with E-state index in [9.17, 15) is 9.59 Å². The van der Waals surface area contributed by atoms with Gasteiger partial charge in [-0.3, -0.25) is 9.59 Å². The third kappa shape index (κ3) is 7.26. The molecule has 0 aliphatic rings. The molecule has 2 aromatic carbocycles. The maximum Gasteiger partial charge on any atom is 0.251 e. The van der Waals surface area contributed by atoms with Gasteiger partial charge in [0.05, 0.1) is 6.42 Å². The second-order valence-corrected chi connectivity index (χ2v) is 6.91. The first-order chi connectivity index (χ1) is 13.1. The van der Waals surface area contributed by atoms with Crippen LogP contribution < -0.4 is 10.6 Å². The van der Waals surface area contributed by atoms with E-state index >= 15 is 0 Å². The first-order valence-corrected chi connectivity index (χ1v) is 9.84. The molecule has 144 valence electrons. The van der Waals surface area contributed by atoms with E-state index in [-0.39, 0.29) is 11.8 Å². The largest absolute Gasteiger partial charge is 0.352 e. The Labute approximate surface area is 162 Å². The van der Waals surface area contributed by atoms with E-state index in [1.807, 2.05) is 30.3 Å². The molecule has 0 fully saturated rings. The van der Waals surface area contributed by atoms with Gasteiger partial charge in [0.1, 0.15) is 0 Å². The number of carbonyl (C=O) groups excluding carboxylic acids is 2. The van der Waals surface area contributed by atoms with Crippen LogP contribution in [0.1, 0.15) is 55.5 Å². The second kappa shape index (κ2) is 11.2. The number of carbonyl (C=O) groups is 2. The van der Waals surface area contributed by atoms with E-state index in [0.29, 0.717) is 30.1 Å². The van der Waals surface area contributed by atoms with E-state index in [1.54, 1.807) is 24.3 Å². The SMILES string of the molecule is CCCCC(CC)CNC(=O)c1ccc(NC(=O)Cc2ccccc2)cc1. The highest BCUT2D eigenvalue weighted by Gasteiger charge is 2.10. The van der Waals surface area contributed by atoms with Crippen molar-refractivity contribution in [3.05, 3.63) is 65.7 Å². The summed E-state index contributed by atoms with van der Waals surface area (Å²) in [7, 11) is 0. The number of anilines is 1. The Morgan fingerprint density at radius 3 is 2.30 bits per heavy atom. The molecule has 0 aliphatic carbocycles. The van der Waals surface area contributed by atoms with Crippen molar-refractivity contribution >= 4 is 17.5 Å². The molecule has 0 saturated carbocycles. The van der Waals surface area contributed by atoms with Gasteiger partial charge in [-0.1, -0.05) is 63.4 Å². The Balaban J connectivity index is 1.83. The summed E-state index contributed by atoms with van der Waals surface area (Å²) in [6.07, 6.45) is 4.94. The van der Waals surface area contributed by atoms with Crippen molar-refractivity contribution in [3.63, 3.8) is 0 Å². The zero-order chi connectivity index (χ0) is 19.5. The van der Waals surface area contributed by atoms with Crippen LogP contribution >= 0.6 is 0 Å². The predicted octanol–water partition coefficient (Wildman–Crippen LogP) is 4.81. The molecule has 0 bridgehead atoms. The summed E-state index contributed by atoms with van der Waals surface area (Å²) >= 11 is 0. The molecule has 0 radical (unpaired) electrons. The molecule has 0 saturated heterocycles. The first-order valence-electron chi connectivity index (χ1n) is 9.84. The van der Waals surface area contributed by atoms with Crippen LogP contribution in [0.4, 0.5) is 5.69 Å². The van der Waals surface area contributed by atoms with Gasteiger partial charge in [-0.2, -0.15) is 0 Å². The fourth-order valence-electron chi connectivity index (χ4n) is 2.97. The predicted molar refractivity (Wildman–Crippen MR) is 111 cm³/mol. The molecular formula is C23H30N2O2. The van der Waals surface area contributed by atoms with Crippen molar-refractivity contribution in [2.75, 3.05) is 11.9 Å². The molecule has 0 spiro atoms. The van der Waals surface area contributed by atoms with Gasteiger partial charge in [-0.25, -0.2) is 0 Å². The van der Waals surface area contributed by atoms with Crippen LogP contribution in [0.5, 0.6) is 0 Å². The summed E-state index contributed by atoms with van der Waals surface area (Å²) in [5.74, 6) is 0.401. The van der Waals surface area contributed by atoms with Gasteiger partial charge in [-0.05, 0) is 42.2 Å². The van der Waals surface area contributed by atoms with Crippen LogP contribution in [0, 0.1) is 5.92 Å². The highest BCUT2D eigenvalue weighted by molar-refractivity contribution is 5.96. The maximum absolute atomic E-state index is 12.3. The molecule has 0 aliphatic heterocycles. The van der Waals surface area contributed by atoms with Gasteiger partial charge in [-0.15, -0.1) is 0 Å². The lowest BCUT2D eigenvalue weighted by molar-refractivity contribution is -0.115. The van der Waals surface area contributed by atoms with Gasteiger partial charge >= 0.3 is 0 Å². The second-order valence-electron chi connectivity index (χ2n) is 6.91. The number of amides is 2. The molecule has 1 unspecified atom stereocenters. The Hall–Kier alpha value is -2.62.